The van der Waals surface area contributed by atoms with E-state index in [9.17, 15) is 0 Å². The summed E-state index contributed by atoms with van der Waals surface area (Å²) < 4.78 is 3.48. The quantitative estimate of drug-likeness (QED) is 0.744. The fourth-order valence-electron chi connectivity index (χ4n) is 2.72. The summed E-state index contributed by atoms with van der Waals surface area (Å²) in [4.78, 5) is 2.35. The molecule has 1 fully saturated rings. The van der Waals surface area contributed by atoms with Crippen LogP contribution in [0.25, 0.3) is 16.8 Å². The summed E-state index contributed by atoms with van der Waals surface area (Å²) in [5.74, 6) is 0. The molecule has 0 amide bonds. The highest BCUT2D eigenvalue weighted by Crippen LogP contribution is 2.23. The molecule has 0 saturated carbocycles. The van der Waals surface area contributed by atoms with Gasteiger partial charge in [0.15, 0.2) is 0 Å². The summed E-state index contributed by atoms with van der Waals surface area (Å²) >= 11 is 0. The minimum atomic E-state index is 0.880. The molecule has 0 bridgehead atoms. The molecule has 0 aromatic carbocycles. The standard InChI is InChI=1S/C14H17N7/c1-19-10-11(8-16-19)12-2-3-13-14(9-17-21(13)18-12)20-6-4-15-5-7-20/h2-3,8-10,15H,4-7H2,1H3. The van der Waals surface area contributed by atoms with Crippen LogP contribution in [-0.2, 0) is 7.05 Å². The molecular weight excluding hydrogens is 266 g/mol. The SMILES string of the molecule is Cn1cc(-c2ccc3c(N4CCNCC4)cnn3n2)cn1. The normalized spacial score (nSPS) is 15.8. The van der Waals surface area contributed by atoms with E-state index in [1.54, 1.807) is 9.31 Å². The van der Waals surface area contributed by atoms with Gasteiger partial charge in [-0.25, -0.2) is 0 Å². The fraction of sp³-hybridized carbons (Fsp3) is 0.357. The van der Waals surface area contributed by atoms with E-state index in [1.165, 1.54) is 0 Å². The predicted octanol–water partition coefficient (Wildman–Crippen LogP) is 0.539. The molecule has 4 heterocycles. The van der Waals surface area contributed by atoms with Crippen molar-refractivity contribution in [1.29, 1.82) is 0 Å². The molecule has 7 heteroatoms. The molecule has 1 N–H and O–H groups in total. The highest BCUT2D eigenvalue weighted by Gasteiger charge is 2.16. The lowest BCUT2D eigenvalue weighted by Crippen LogP contribution is -2.43. The summed E-state index contributed by atoms with van der Waals surface area (Å²) in [7, 11) is 1.90. The number of rotatable bonds is 2. The third kappa shape index (κ3) is 2.15. The second-order valence-corrected chi connectivity index (χ2v) is 5.26. The average molecular weight is 283 g/mol. The summed E-state index contributed by atoms with van der Waals surface area (Å²) in [5.41, 5.74) is 4.08. The Morgan fingerprint density at radius 3 is 2.71 bits per heavy atom. The van der Waals surface area contributed by atoms with E-state index < -0.39 is 0 Å². The van der Waals surface area contributed by atoms with Crippen LogP contribution in [0.4, 0.5) is 5.69 Å². The Kier molecular flexibility index (Phi) is 2.85. The van der Waals surface area contributed by atoms with Crippen molar-refractivity contribution < 1.29 is 0 Å². The molecule has 3 aromatic rings. The lowest BCUT2D eigenvalue weighted by atomic mass is 10.2. The van der Waals surface area contributed by atoms with Gasteiger partial charge in [0.2, 0.25) is 0 Å². The molecule has 7 nitrogen and oxygen atoms in total. The molecule has 108 valence electrons. The number of aromatic nitrogens is 5. The van der Waals surface area contributed by atoms with Gasteiger partial charge in [-0.1, -0.05) is 0 Å². The lowest BCUT2D eigenvalue weighted by molar-refractivity contribution is 0.590. The molecule has 0 atom stereocenters. The Balaban J connectivity index is 1.73. The first-order valence-electron chi connectivity index (χ1n) is 7.11. The lowest BCUT2D eigenvalue weighted by Gasteiger charge is -2.28. The van der Waals surface area contributed by atoms with Crippen LogP contribution in [-0.4, -0.2) is 50.8 Å². The Morgan fingerprint density at radius 2 is 1.95 bits per heavy atom. The number of fused-ring (bicyclic) bond motifs is 1. The van der Waals surface area contributed by atoms with Crippen molar-refractivity contribution in [3.63, 3.8) is 0 Å². The Labute approximate surface area is 122 Å². The highest BCUT2D eigenvalue weighted by atomic mass is 15.4. The van der Waals surface area contributed by atoms with Gasteiger partial charge in [-0.2, -0.15) is 10.2 Å². The summed E-state index contributed by atoms with van der Waals surface area (Å²) in [6.45, 7) is 4.04. The monoisotopic (exact) mass is 283 g/mol. The first-order valence-corrected chi connectivity index (χ1v) is 7.11. The van der Waals surface area contributed by atoms with Crippen LogP contribution in [0.5, 0.6) is 0 Å². The maximum Gasteiger partial charge on any atom is 0.111 e. The number of hydrogen-bond donors (Lipinski definition) is 1. The number of nitrogens with one attached hydrogen (secondary N) is 1. The molecule has 0 aliphatic carbocycles. The highest BCUT2D eigenvalue weighted by molar-refractivity contribution is 5.73. The van der Waals surface area contributed by atoms with E-state index in [-0.39, 0.29) is 0 Å². The zero-order valence-corrected chi connectivity index (χ0v) is 11.9. The zero-order chi connectivity index (χ0) is 14.2. The molecular formula is C14H17N7. The number of aryl methyl sites for hydroxylation is 1. The Bertz CT molecular complexity index is 767. The van der Waals surface area contributed by atoms with Gasteiger partial charge in [0, 0.05) is 45.0 Å². The van der Waals surface area contributed by atoms with Crippen molar-refractivity contribution in [3.05, 3.63) is 30.7 Å². The maximum atomic E-state index is 4.58. The van der Waals surface area contributed by atoms with Crippen molar-refractivity contribution >= 4 is 11.2 Å². The summed E-state index contributed by atoms with van der Waals surface area (Å²) in [6, 6.07) is 4.11. The summed E-state index contributed by atoms with van der Waals surface area (Å²) in [6.07, 6.45) is 5.67. The van der Waals surface area contributed by atoms with Crippen molar-refractivity contribution in [2.24, 2.45) is 7.05 Å². The molecule has 4 rings (SSSR count). The second kappa shape index (κ2) is 4.85. The fourth-order valence-corrected chi connectivity index (χ4v) is 2.72. The van der Waals surface area contributed by atoms with Gasteiger partial charge < -0.3 is 10.2 Å². The van der Waals surface area contributed by atoms with Gasteiger partial charge in [0.05, 0.1) is 23.8 Å². The molecule has 0 spiro atoms. The van der Waals surface area contributed by atoms with Gasteiger partial charge in [0.1, 0.15) is 5.52 Å². The first-order chi connectivity index (χ1) is 10.3. The Morgan fingerprint density at radius 1 is 1.10 bits per heavy atom. The number of nitrogens with zero attached hydrogens (tertiary/aromatic N) is 6. The molecule has 1 aliphatic heterocycles. The number of piperazine rings is 1. The van der Waals surface area contributed by atoms with Crippen molar-refractivity contribution in [1.82, 2.24) is 29.9 Å². The Hall–Kier alpha value is -2.41. The van der Waals surface area contributed by atoms with E-state index in [2.05, 4.69) is 31.6 Å². The second-order valence-electron chi connectivity index (χ2n) is 5.26. The van der Waals surface area contributed by atoms with Gasteiger partial charge in [0.25, 0.3) is 0 Å². The van der Waals surface area contributed by atoms with E-state index in [0.29, 0.717) is 0 Å². The van der Waals surface area contributed by atoms with E-state index in [0.717, 1.165) is 48.6 Å². The minimum absolute atomic E-state index is 0.880. The van der Waals surface area contributed by atoms with Crippen LogP contribution in [0.3, 0.4) is 0 Å². The third-order valence-corrected chi connectivity index (χ3v) is 3.83. The molecule has 0 unspecified atom stereocenters. The largest absolute Gasteiger partial charge is 0.366 e. The van der Waals surface area contributed by atoms with Gasteiger partial charge in [-0.15, -0.1) is 9.73 Å². The molecule has 0 radical (unpaired) electrons. The first kappa shape index (κ1) is 12.3. The van der Waals surface area contributed by atoms with Crippen LogP contribution in [0.1, 0.15) is 0 Å². The van der Waals surface area contributed by atoms with Crippen LogP contribution < -0.4 is 10.2 Å². The molecule has 3 aromatic heterocycles. The van der Waals surface area contributed by atoms with Crippen LogP contribution >= 0.6 is 0 Å². The van der Waals surface area contributed by atoms with E-state index >= 15 is 0 Å². The zero-order valence-electron chi connectivity index (χ0n) is 11.9. The predicted molar refractivity (Wildman–Crippen MR) is 80.3 cm³/mol. The smallest absolute Gasteiger partial charge is 0.111 e. The van der Waals surface area contributed by atoms with Gasteiger partial charge >= 0.3 is 0 Å². The maximum absolute atomic E-state index is 4.58. The van der Waals surface area contributed by atoms with Gasteiger partial charge in [-0.05, 0) is 12.1 Å². The summed E-state index contributed by atoms with van der Waals surface area (Å²) in [5, 5.41) is 16.5. The van der Waals surface area contributed by atoms with Crippen molar-refractivity contribution in [2.75, 3.05) is 31.1 Å². The van der Waals surface area contributed by atoms with E-state index in [1.807, 2.05) is 31.7 Å². The van der Waals surface area contributed by atoms with Gasteiger partial charge in [-0.3, -0.25) is 4.68 Å². The average Bonchev–Trinajstić information content (AvgIpc) is 3.13. The van der Waals surface area contributed by atoms with Crippen LogP contribution in [0.2, 0.25) is 0 Å². The van der Waals surface area contributed by atoms with Crippen LogP contribution in [0.15, 0.2) is 30.7 Å². The molecule has 1 saturated heterocycles. The molecule has 1 aliphatic rings. The van der Waals surface area contributed by atoms with Crippen molar-refractivity contribution in [3.8, 4) is 11.3 Å². The number of hydrogen-bond acceptors (Lipinski definition) is 5. The van der Waals surface area contributed by atoms with Crippen molar-refractivity contribution in [2.45, 2.75) is 0 Å². The van der Waals surface area contributed by atoms with E-state index in [4.69, 9.17) is 0 Å². The number of anilines is 1. The minimum Gasteiger partial charge on any atom is -0.366 e. The topological polar surface area (TPSA) is 63.3 Å². The van der Waals surface area contributed by atoms with Crippen LogP contribution in [0, 0.1) is 0 Å². The third-order valence-electron chi connectivity index (χ3n) is 3.83. The molecule has 21 heavy (non-hydrogen) atoms.